The molecular weight excluding hydrogens is 316 g/mol. The summed E-state index contributed by atoms with van der Waals surface area (Å²) in [5, 5.41) is 0. The van der Waals surface area contributed by atoms with Crippen molar-refractivity contribution in [2.75, 3.05) is 0 Å². The fourth-order valence-corrected chi connectivity index (χ4v) is 4.15. The van der Waals surface area contributed by atoms with Crippen molar-refractivity contribution in [3.8, 4) is 0 Å². The Kier molecular flexibility index (Phi) is 4.29. The standard InChI is InChI=1S/C19H28N4O2/c1-3-9-22-17-16(18(24)23(10-4-2)19(22)25)20-15(21-17)11-14(12-5-6-12)13-7-8-13/h12-14H,3-11H2,1-2H3,(H,20,21). The van der Waals surface area contributed by atoms with Crippen LogP contribution in [-0.2, 0) is 19.5 Å². The minimum Gasteiger partial charge on any atom is -0.336 e. The molecule has 136 valence electrons. The van der Waals surface area contributed by atoms with Gasteiger partial charge in [-0.25, -0.2) is 9.78 Å². The molecule has 0 atom stereocenters. The van der Waals surface area contributed by atoms with Gasteiger partial charge in [0.15, 0.2) is 5.65 Å². The summed E-state index contributed by atoms with van der Waals surface area (Å²) in [7, 11) is 0. The van der Waals surface area contributed by atoms with Crippen LogP contribution in [0.4, 0.5) is 0 Å². The molecule has 2 aromatic rings. The summed E-state index contributed by atoms with van der Waals surface area (Å²) in [6.45, 7) is 5.07. The Balaban J connectivity index is 1.77. The lowest BCUT2D eigenvalue weighted by atomic mass is 9.94. The van der Waals surface area contributed by atoms with Crippen molar-refractivity contribution >= 4 is 11.2 Å². The molecule has 0 radical (unpaired) electrons. The molecule has 0 bridgehead atoms. The van der Waals surface area contributed by atoms with Gasteiger partial charge in [-0.2, -0.15) is 0 Å². The van der Waals surface area contributed by atoms with Gasteiger partial charge in [-0.1, -0.05) is 13.8 Å². The summed E-state index contributed by atoms with van der Waals surface area (Å²) in [4.78, 5) is 33.5. The van der Waals surface area contributed by atoms with Crippen molar-refractivity contribution in [2.45, 2.75) is 71.9 Å². The number of aryl methyl sites for hydroxylation is 1. The highest BCUT2D eigenvalue weighted by Gasteiger charge is 2.41. The minimum atomic E-state index is -0.222. The summed E-state index contributed by atoms with van der Waals surface area (Å²) < 4.78 is 3.04. The Morgan fingerprint density at radius 1 is 1.04 bits per heavy atom. The van der Waals surface area contributed by atoms with E-state index in [0.717, 1.165) is 36.9 Å². The van der Waals surface area contributed by atoms with Crippen molar-refractivity contribution in [1.29, 1.82) is 0 Å². The number of imidazole rings is 1. The van der Waals surface area contributed by atoms with E-state index in [1.807, 2.05) is 13.8 Å². The molecule has 2 aliphatic rings. The van der Waals surface area contributed by atoms with Gasteiger partial charge in [0.25, 0.3) is 5.56 Å². The van der Waals surface area contributed by atoms with Crippen LogP contribution in [0.3, 0.4) is 0 Å². The molecule has 1 N–H and O–H groups in total. The van der Waals surface area contributed by atoms with Gasteiger partial charge in [0.1, 0.15) is 11.3 Å². The second-order valence-electron chi connectivity index (χ2n) is 7.82. The lowest BCUT2D eigenvalue weighted by Gasteiger charge is -2.12. The fourth-order valence-electron chi connectivity index (χ4n) is 4.15. The van der Waals surface area contributed by atoms with E-state index in [9.17, 15) is 9.59 Å². The van der Waals surface area contributed by atoms with E-state index in [1.54, 1.807) is 4.57 Å². The maximum Gasteiger partial charge on any atom is 0.332 e. The second kappa shape index (κ2) is 6.46. The van der Waals surface area contributed by atoms with Crippen molar-refractivity contribution in [1.82, 2.24) is 19.1 Å². The summed E-state index contributed by atoms with van der Waals surface area (Å²) >= 11 is 0. The Morgan fingerprint density at radius 2 is 1.64 bits per heavy atom. The number of fused-ring (bicyclic) bond motifs is 1. The van der Waals surface area contributed by atoms with Crippen molar-refractivity contribution < 1.29 is 0 Å². The van der Waals surface area contributed by atoms with E-state index in [4.69, 9.17) is 4.98 Å². The summed E-state index contributed by atoms with van der Waals surface area (Å²) in [5.74, 6) is 3.27. The molecule has 2 aliphatic carbocycles. The molecule has 0 saturated heterocycles. The molecule has 2 heterocycles. The number of rotatable bonds is 8. The summed E-state index contributed by atoms with van der Waals surface area (Å²) in [6.07, 6.45) is 7.87. The highest BCUT2D eigenvalue weighted by Crippen LogP contribution is 2.50. The first-order valence-electron chi connectivity index (χ1n) is 9.86. The van der Waals surface area contributed by atoms with E-state index in [2.05, 4.69) is 4.98 Å². The Labute approximate surface area is 147 Å². The predicted molar refractivity (Wildman–Crippen MR) is 97.8 cm³/mol. The van der Waals surface area contributed by atoms with Gasteiger partial charge < -0.3 is 4.98 Å². The molecule has 2 saturated carbocycles. The van der Waals surface area contributed by atoms with Crippen molar-refractivity contribution in [3.05, 3.63) is 26.7 Å². The van der Waals surface area contributed by atoms with Gasteiger partial charge >= 0.3 is 5.69 Å². The van der Waals surface area contributed by atoms with Crippen LogP contribution in [0.5, 0.6) is 0 Å². The molecule has 6 nitrogen and oxygen atoms in total. The van der Waals surface area contributed by atoms with Crippen LogP contribution in [-0.4, -0.2) is 19.1 Å². The first-order valence-corrected chi connectivity index (χ1v) is 9.86. The van der Waals surface area contributed by atoms with Crippen LogP contribution < -0.4 is 11.2 Å². The monoisotopic (exact) mass is 344 g/mol. The molecule has 0 amide bonds. The lowest BCUT2D eigenvalue weighted by molar-refractivity contribution is 0.396. The predicted octanol–water partition coefficient (Wildman–Crippen LogP) is 2.69. The molecule has 0 aliphatic heterocycles. The number of nitrogens with one attached hydrogen (secondary N) is 1. The zero-order valence-electron chi connectivity index (χ0n) is 15.3. The fraction of sp³-hybridized carbons (Fsp3) is 0.737. The largest absolute Gasteiger partial charge is 0.336 e. The van der Waals surface area contributed by atoms with Gasteiger partial charge in [-0.05, 0) is 56.3 Å². The van der Waals surface area contributed by atoms with E-state index < -0.39 is 0 Å². The first-order chi connectivity index (χ1) is 12.1. The van der Waals surface area contributed by atoms with Crippen LogP contribution in [0.2, 0.25) is 0 Å². The number of nitrogens with zero attached hydrogens (tertiary/aromatic N) is 3. The molecule has 2 aromatic heterocycles. The third-order valence-corrected chi connectivity index (χ3v) is 5.69. The highest BCUT2D eigenvalue weighted by atomic mass is 16.2. The zero-order chi connectivity index (χ0) is 17.6. The lowest BCUT2D eigenvalue weighted by Crippen LogP contribution is -2.40. The normalized spacial score (nSPS) is 17.7. The summed E-state index contributed by atoms with van der Waals surface area (Å²) in [5.41, 5.74) is 0.605. The van der Waals surface area contributed by atoms with Crippen LogP contribution in [0, 0.1) is 17.8 Å². The van der Waals surface area contributed by atoms with Gasteiger partial charge in [0.05, 0.1) is 0 Å². The average Bonchev–Trinajstić information content (AvgIpc) is 3.51. The maximum atomic E-state index is 12.8. The quantitative estimate of drug-likeness (QED) is 0.800. The minimum absolute atomic E-state index is 0.220. The smallest absolute Gasteiger partial charge is 0.332 e. The van der Waals surface area contributed by atoms with E-state index in [1.165, 1.54) is 30.3 Å². The topological polar surface area (TPSA) is 72.7 Å². The molecule has 0 spiro atoms. The van der Waals surface area contributed by atoms with E-state index in [0.29, 0.717) is 30.2 Å². The van der Waals surface area contributed by atoms with Crippen molar-refractivity contribution in [3.63, 3.8) is 0 Å². The number of H-pyrrole nitrogens is 1. The Hall–Kier alpha value is -1.85. The number of hydrogen-bond donors (Lipinski definition) is 1. The average molecular weight is 344 g/mol. The molecule has 2 fully saturated rings. The third kappa shape index (κ3) is 3.07. The van der Waals surface area contributed by atoms with Gasteiger partial charge in [0.2, 0.25) is 0 Å². The van der Waals surface area contributed by atoms with Gasteiger partial charge in [-0.3, -0.25) is 13.9 Å². The van der Waals surface area contributed by atoms with E-state index >= 15 is 0 Å². The van der Waals surface area contributed by atoms with Crippen LogP contribution in [0.1, 0.15) is 58.2 Å². The Bertz CT molecular complexity index is 871. The maximum absolute atomic E-state index is 12.8. The highest BCUT2D eigenvalue weighted by molar-refractivity contribution is 5.69. The van der Waals surface area contributed by atoms with Gasteiger partial charge in [-0.15, -0.1) is 0 Å². The number of aromatic nitrogens is 4. The summed E-state index contributed by atoms with van der Waals surface area (Å²) in [6, 6.07) is 0. The van der Waals surface area contributed by atoms with Crippen LogP contribution in [0.15, 0.2) is 9.59 Å². The molecule has 0 unspecified atom stereocenters. The van der Waals surface area contributed by atoms with Crippen molar-refractivity contribution in [2.24, 2.45) is 17.8 Å². The number of hydrogen-bond acceptors (Lipinski definition) is 3. The zero-order valence-corrected chi connectivity index (χ0v) is 15.3. The molecule has 25 heavy (non-hydrogen) atoms. The van der Waals surface area contributed by atoms with E-state index in [-0.39, 0.29) is 11.2 Å². The molecule has 4 rings (SSSR count). The molecule has 6 heteroatoms. The third-order valence-electron chi connectivity index (χ3n) is 5.69. The molecule has 0 aromatic carbocycles. The Morgan fingerprint density at radius 3 is 2.20 bits per heavy atom. The first kappa shape index (κ1) is 16.6. The van der Waals surface area contributed by atoms with Crippen LogP contribution in [0.25, 0.3) is 11.2 Å². The van der Waals surface area contributed by atoms with Gasteiger partial charge in [0, 0.05) is 19.5 Å². The SMILES string of the molecule is CCCn1c(=O)c2[nH]c(CC(C3CC3)C3CC3)nc2n(CCC)c1=O. The number of aromatic amines is 1. The van der Waals surface area contributed by atoms with Crippen LogP contribution >= 0.6 is 0 Å². The molecular formula is C19H28N4O2. The second-order valence-corrected chi connectivity index (χ2v) is 7.82.